The van der Waals surface area contributed by atoms with Gasteiger partial charge in [0.05, 0.1) is 5.56 Å². The van der Waals surface area contributed by atoms with Crippen LogP contribution in [0.5, 0.6) is 5.75 Å². The molecule has 0 amide bonds. The fourth-order valence-corrected chi connectivity index (χ4v) is 3.05. The molecule has 186 valence electrons. The van der Waals surface area contributed by atoms with Crippen molar-refractivity contribution < 1.29 is 32.6 Å². The van der Waals surface area contributed by atoms with Crippen molar-refractivity contribution in [2.45, 2.75) is 33.2 Å². The summed E-state index contributed by atoms with van der Waals surface area (Å²) < 4.78 is 44.5. The van der Waals surface area contributed by atoms with Crippen molar-refractivity contribution in [3.05, 3.63) is 114 Å². The van der Waals surface area contributed by atoms with E-state index in [1.54, 1.807) is 43.3 Å². The molecular weight excluding hydrogens is 466 g/mol. The molecule has 0 bridgehead atoms. The molecule has 0 N–H and O–H groups in total. The van der Waals surface area contributed by atoms with Gasteiger partial charge < -0.3 is 14.2 Å². The minimum Gasteiger partial charge on any atom is -0.457 e. The lowest BCUT2D eigenvalue weighted by Crippen LogP contribution is -2.21. The van der Waals surface area contributed by atoms with Gasteiger partial charge in [-0.15, -0.1) is 0 Å². The van der Waals surface area contributed by atoms with E-state index in [4.69, 9.17) is 14.2 Å². The number of benzene rings is 3. The Hall–Kier alpha value is -4.26. The van der Waals surface area contributed by atoms with E-state index in [-0.39, 0.29) is 30.1 Å². The van der Waals surface area contributed by atoms with E-state index in [2.05, 4.69) is 13.2 Å². The number of esters is 2. The minimum atomic E-state index is -3.55. The second-order valence-electron chi connectivity index (χ2n) is 8.25. The second kappa shape index (κ2) is 11.4. The van der Waals surface area contributed by atoms with Crippen LogP contribution in [0.1, 0.15) is 30.5 Å². The maximum absolute atomic E-state index is 14.7. The van der Waals surface area contributed by atoms with Crippen LogP contribution in [-0.4, -0.2) is 11.9 Å². The van der Waals surface area contributed by atoms with Crippen LogP contribution in [0.2, 0.25) is 0 Å². The summed E-state index contributed by atoms with van der Waals surface area (Å²) in [5, 5.41) is 0. The normalized spacial score (nSPS) is 10.9. The van der Waals surface area contributed by atoms with Gasteiger partial charge >= 0.3 is 18.0 Å². The molecule has 0 aliphatic rings. The summed E-state index contributed by atoms with van der Waals surface area (Å²) >= 11 is 0. The van der Waals surface area contributed by atoms with Gasteiger partial charge in [0.2, 0.25) is 0 Å². The smallest absolute Gasteiger partial charge is 0.426 e. The van der Waals surface area contributed by atoms with E-state index < -0.39 is 18.0 Å². The van der Waals surface area contributed by atoms with Crippen molar-refractivity contribution in [1.29, 1.82) is 0 Å². The maximum Gasteiger partial charge on any atom is 0.426 e. The van der Waals surface area contributed by atoms with E-state index in [0.29, 0.717) is 11.1 Å². The van der Waals surface area contributed by atoms with Crippen LogP contribution >= 0.6 is 0 Å². The first-order valence-corrected chi connectivity index (χ1v) is 11.1. The summed E-state index contributed by atoms with van der Waals surface area (Å²) in [5.74, 6) is -1.01. The highest BCUT2D eigenvalue weighted by atomic mass is 19.3. The Morgan fingerprint density at radius 1 is 0.694 bits per heavy atom. The molecule has 5 nitrogen and oxygen atoms in total. The lowest BCUT2D eigenvalue weighted by Gasteiger charge is -2.19. The van der Waals surface area contributed by atoms with Gasteiger partial charge in [-0.1, -0.05) is 61.7 Å². The second-order valence-corrected chi connectivity index (χ2v) is 8.25. The van der Waals surface area contributed by atoms with Crippen LogP contribution in [0.3, 0.4) is 0 Å². The zero-order valence-electron chi connectivity index (χ0n) is 20.1. The van der Waals surface area contributed by atoms with Gasteiger partial charge in [0, 0.05) is 11.1 Å². The third-order valence-electron chi connectivity index (χ3n) is 5.11. The van der Waals surface area contributed by atoms with Crippen molar-refractivity contribution in [3.8, 4) is 16.9 Å². The largest absolute Gasteiger partial charge is 0.457 e. The quantitative estimate of drug-likeness (QED) is 0.232. The molecule has 0 aliphatic carbocycles. The average molecular weight is 493 g/mol. The Morgan fingerprint density at radius 2 is 1.08 bits per heavy atom. The minimum absolute atomic E-state index is 0.00442. The van der Waals surface area contributed by atoms with Crippen molar-refractivity contribution in [3.63, 3.8) is 0 Å². The molecule has 36 heavy (non-hydrogen) atoms. The Balaban J connectivity index is 1.61. The summed E-state index contributed by atoms with van der Waals surface area (Å²) in [7, 11) is 0. The summed E-state index contributed by atoms with van der Waals surface area (Å²) in [5.41, 5.74) is 3.30. The molecule has 3 aromatic carbocycles. The Kier molecular flexibility index (Phi) is 8.38. The molecule has 0 unspecified atom stereocenters. The molecule has 3 aromatic rings. The van der Waals surface area contributed by atoms with Gasteiger partial charge in [-0.25, -0.2) is 9.59 Å². The van der Waals surface area contributed by atoms with Crippen molar-refractivity contribution >= 4 is 11.9 Å². The van der Waals surface area contributed by atoms with Gasteiger partial charge in [-0.05, 0) is 60.4 Å². The molecule has 0 saturated heterocycles. The Bertz CT molecular complexity index is 1240. The van der Waals surface area contributed by atoms with Gasteiger partial charge in [0.25, 0.3) is 0 Å². The number of alkyl halides is 2. The lowest BCUT2D eigenvalue weighted by molar-refractivity contribution is -0.185. The number of carbonyl (C=O) groups is 2. The zero-order valence-corrected chi connectivity index (χ0v) is 20.1. The summed E-state index contributed by atoms with van der Waals surface area (Å²) in [4.78, 5) is 23.0. The van der Waals surface area contributed by atoms with Crippen LogP contribution in [-0.2, 0) is 38.4 Å². The standard InChI is InChI=1S/C29H26F2O5/c1-19(2)27(32)34-17-21-5-9-23(10-6-21)24-11-13-25(14-12-24)29(30,31)36-26-15-7-22(8-16-26)18-35-28(33)20(3)4/h5-16H,1,3,17-18H2,2,4H3. The highest BCUT2D eigenvalue weighted by Gasteiger charge is 2.34. The van der Waals surface area contributed by atoms with Crippen LogP contribution in [0, 0.1) is 0 Å². The molecule has 7 heteroatoms. The monoisotopic (exact) mass is 492 g/mol. The summed E-state index contributed by atoms with van der Waals surface area (Å²) in [6, 6.07) is 18.9. The van der Waals surface area contributed by atoms with Crippen LogP contribution in [0.25, 0.3) is 11.1 Å². The van der Waals surface area contributed by atoms with E-state index in [1.807, 2.05) is 12.1 Å². The topological polar surface area (TPSA) is 61.8 Å². The van der Waals surface area contributed by atoms with E-state index >= 15 is 0 Å². The Morgan fingerprint density at radius 3 is 1.50 bits per heavy atom. The van der Waals surface area contributed by atoms with E-state index in [9.17, 15) is 18.4 Å². The van der Waals surface area contributed by atoms with Crippen LogP contribution < -0.4 is 4.74 Å². The average Bonchev–Trinajstić information content (AvgIpc) is 2.86. The third-order valence-corrected chi connectivity index (χ3v) is 5.11. The molecule has 0 spiro atoms. The van der Waals surface area contributed by atoms with Crippen LogP contribution in [0.15, 0.2) is 97.1 Å². The molecule has 0 aliphatic heterocycles. The van der Waals surface area contributed by atoms with Crippen molar-refractivity contribution in [2.24, 2.45) is 0 Å². The SMILES string of the molecule is C=C(C)C(=O)OCc1ccc(OC(F)(F)c2ccc(-c3ccc(COC(=O)C(=C)C)cc3)cc2)cc1. The highest BCUT2D eigenvalue weighted by molar-refractivity contribution is 5.87. The van der Waals surface area contributed by atoms with E-state index in [0.717, 1.165) is 16.7 Å². The number of hydrogen-bond donors (Lipinski definition) is 0. The van der Waals surface area contributed by atoms with Crippen molar-refractivity contribution in [2.75, 3.05) is 0 Å². The predicted molar refractivity (Wildman–Crippen MR) is 132 cm³/mol. The molecule has 0 fully saturated rings. The Labute approximate surface area is 208 Å². The molecule has 0 radical (unpaired) electrons. The number of hydrogen-bond acceptors (Lipinski definition) is 5. The maximum atomic E-state index is 14.7. The zero-order chi connectivity index (χ0) is 26.3. The first kappa shape index (κ1) is 26.3. The first-order valence-electron chi connectivity index (χ1n) is 11.1. The molecule has 3 rings (SSSR count). The molecular formula is C29H26F2O5. The molecule has 0 aromatic heterocycles. The number of halogens is 2. The van der Waals surface area contributed by atoms with Gasteiger partial charge in [-0.2, -0.15) is 8.78 Å². The molecule has 0 heterocycles. The number of ether oxygens (including phenoxy) is 3. The van der Waals surface area contributed by atoms with Crippen LogP contribution in [0.4, 0.5) is 8.78 Å². The van der Waals surface area contributed by atoms with E-state index in [1.165, 1.54) is 31.2 Å². The van der Waals surface area contributed by atoms with Gasteiger partial charge in [0.1, 0.15) is 19.0 Å². The predicted octanol–water partition coefficient (Wildman–Crippen LogP) is 6.72. The van der Waals surface area contributed by atoms with Gasteiger partial charge in [-0.3, -0.25) is 0 Å². The fourth-order valence-electron chi connectivity index (χ4n) is 3.05. The summed E-state index contributed by atoms with van der Waals surface area (Å²) in [6.45, 7) is 10.3. The lowest BCUT2D eigenvalue weighted by atomic mass is 10.0. The first-order chi connectivity index (χ1) is 17.0. The van der Waals surface area contributed by atoms with Gasteiger partial charge in [0.15, 0.2) is 0 Å². The highest BCUT2D eigenvalue weighted by Crippen LogP contribution is 2.33. The molecule has 0 saturated carbocycles. The number of rotatable bonds is 10. The summed E-state index contributed by atoms with van der Waals surface area (Å²) in [6.07, 6.45) is -3.55. The third kappa shape index (κ3) is 7.12. The fraction of sp³-hybridized carbons (Fsp3) is 0.172. The van der Waals surface area contributed by atoms with Crippen molar-refractivity contribution in [1.82, 2.24) is 0 Å². The number of carbonyl (C=O) groups excluding carboxylic acids is 2. The molecule has 0 atom stereocenters.